The van der Waals surface area contributed by atoms with E-state index in [1.807, 2.05) is 28.9 Å². The van der Waals surface area contributed by atoms with E-state index in [4.69, 9.17) is 5.73 Å². The highest BCUT2D eigenvalue weighted by Crippen LogP contribution is 2.27. The molecule has 0 amide bonds. The summed E-state index contributed by atoms with van der Waals surface area (Å²) >= 11 is 0. The van der Waals surface area contributed by atoms with Gasteiger partial charge in [-0.05, 0) is 12.1 Å². The first-order valence-corrected chi connectivity index (χ1v) is 5.70. The van der Waals surface area contributed by atoms with Gasteiger partial charge in [0.2, 0.25) is 5.95 Å². The highest BCUT2D eigenvalue weighted by Gasteiger charge is 2.09. The molecular formula is C12H9N7. The number of nitrogens with one attached hydrogen (secondary N) is 1. The first kappa shape index (κ1) is 10.0. The van der Waals surface area contributed by atoms with Crippen LogP contribution in [0.15, 0.2) is 37.1 Å². The lowest BCUT2D eigenvalue weighted by molar-refractivity contribution is 1.10. The Bertz CT molecular complexity index is 889. The maximum absolute atomic E-state index is 5.57. The number of rotatable bonds is 1. The number of hydrogen-bond donors (Lipinski definition) is 2. The van der Waals surface area contributed by atoms with E-state index in [1.165, 1.54) is 0 Å². The van der Waals surface area contributed by atoms with E-state index in [0.29, 0.717) is 0 Å². The lowest BCUT2D eigenvalue weighted by Gasteiger charge is -2.00. The topological polar surface area (TPSA) is 97.8 Å². The zero-order chi connectivity index (χ0) is 12.8. The molecule has 7 nitrogen and oxygen atoms in total. The van der Waals surface area contributed by atoms with E-state index in [0.717, 1.165) is 27.8 Å². The van der Waals surface area contributed by atoms with Gasteiger partial charge in [-0.3, -0.25) is 4.40 Å². The van der Waals surface area contributed by atoms with Gasteiger partial charge >= 0.3 is 0 Å². The van der Waals surface area contributed by atoms with Crippen LogP contribution in [0.4, 0.5) is 5.95 Å². The Morgan fingerprint density at radius 3 is 3.16 bits per heavy atom. The fourth-order valence-electron chi connectivity index (χ4n) is 2.15. The highest BCUT2D eigenvalue weighted by atomic mass is 15.2. The largest absolute Gasteiger partial charge is 0.368 e. The normalized spacial score (nSPS) is 11.4. The van der Waals surface area contributed by atoms with Gasteiger partial charge in [-0.1, -0.05) is 0 Å². The van der Waals surface area contributed by atoms with Crippen molar-refractivity contribution >= 4 is 22.6 Å². The maximum Gasteiger partial charge on any atom is 0.221 e. The van der Waals surface area contributed by atoms with E-state index in [1.54, 1.807) is 12.5 Å². The zero-order valence-electron chi connectivity index (χ0n) is 9.78. The van der Waals surface area contributed by atoms with Gasteiger partial charge in [0.15, 0.2) is 5.65 Å². The van der Waals surface area contributed by atoms with Crippen molar-refractivity contribution in [3.63, 3.8) is 0 Å². The van der Waals surface area contributed by atoms with Gasteiger partial charge in [0.1, 0.15) is 12.0 Å². The maximum atomic E-state index is 5.57. The van der Waals surface area contributed by atoms with Gasteiger partial charge in [-0.2, -0.15) is 4.98 Å². The van der Waals surface area contributed by atoms with Crippen LogP contribution < -0.4 is 5.73 Å². The molecule has 4 aromatic heterocycles. The summed E-state index contributed by atoms with van der Waals surface area (Å²) in [5, 5.41) is 8.77. The molecule has 4 aromatic rings. The van der Waals surface area contributed by atoms with Gasteiger partial charge < -0.3 is 10.7 Å². The SMILES string of the molecule is Nc1ncc2c(-c3ccc4nncn4c3)c[nH]c2n1. The first-order valence-electron chi connectivity index (χ1n) is 5.70. The number of fused-ring (bicyclic) bond motifs is 2. The Balaban J connectivity index is 1.97. The molecule has 0 bridgehead atoms. The fourth-order valence-corrected chi connectivity index (χ4v) is 2.15. The van der Waals surface area contributed by atoms with Crippen molar-refractivity contribution in [1.82, 2.24) is 29.5 Å². The molecule has 92 valence electrons. The molecule has 0 aromatic carbocycles. The van der Waals surface area contributed by atoms with Gasteiger partial charge in [-0.15, -0.1) is 10.2 Å². The minimum atomic E-state index is 0.259. The summed E-state index contributed by atoms with van der Waals surface area (Å²) in [6, 6.07) is 3.91. The number of nitrogens with two attached hydrogens (primary N) is 1. The molecule has 0 aliphatic rings. The van der Waals surface area contributed by atoms with Crippen LogP contribution in [-0.2, 0) is 0 Å². The smallest absolute Gasteiger partial charge is 0.221 e. The quantitative estimate of drug-likeness (QED) is 0.530. The molecule has 4 rings (SSSR count). The number of nitrogen functional groups attached to an aromatic ring is 1. The third-order valence-electron chi connectivity index (χ3n) is 3.05. The van der Waals surface area contributed by atoms with Gasteiger partial charge in [0, 0.05) is 35.1 Å². The molecule has 0 radical (unpaired) electrons. The molecule has 0 fully saturated rings. The second kappa shape index (κ2) is 3.52. The number of anilines is 1. The lowest BCUT2D eigenvalue weighted by Crippen LogP contribution is -1.93. The van der Waals surface area contributed by atoms with Gasteiger partial charge in [-0.25, -0.2) is 4.98 Å². The van der Waals surface area contributed by atoms with Gasteiger partial charge in [0.05, 0.1) is 0 Å². The Morgan fingerprint density at radius 1 is 1.26 bits per heavy atom. The van der Waals surface area contributed by atoms with Crippen LogP contribution in [0.1, 0.15) is 0 Å². The van der Waals surface area contributed by atoms with Crippen LogP contribution in [0.2, 0.25) is 0 Å². The zero-order valence-corrected chi connectivity index (χ0v) is 9.78. The summed E-state index contributed by atoms with van der Waals surface area (Å²) < 4.78 is 1.87. The van der Waals surface area contributed by atoms with E-state index >= 15 is 0 Å². The molecule has 0 aliphatic heterocycles. The number of nitrogens with zero attached hydrogens (tertiary/aromatic N) is 5. The second-order valence-electron chi connectivity index (χ2n) is 4.21. The first-order chi connectivity index (χ1) is 9.31. The van der Waals surface area contributed by atoms with E-state index in [2.05, 4.69) is 25.1 Å². The molecule has 0 atom stereocenters. The third kappa shape index (κ3) is 1.45. The van der Waals surface area contributed by atoms with Crippen molar-refractivity contribution in [2.24, 2.45) is 0 Å². The molecule has 3 N–H and O–H groups in total. The summed E-state index contributed by atoms with van der Waals surface area (Å²) in [4.78, 5) is 11.3. The summed E-state index contributed by atoms with van der Waals surface area (Å²) in [6.45, 7) is 0. The van der Waals surface area contributed by atoms with Crippen molar-refractivity contribution in [2.75, 3.05) is 5.73 Å². The van der Waals surface area contributed by atoms with Crippen LogP contribution >= 0.6 is 0 Å². The van der Waals surface area contributed by atoms with Crippen LogP contribution in [0.5, 0.6) is 0 Å². The molecule has 19 heavy (non-hydrogen) atoms. The van der Waals surface area contributed by atoms with Crippen molar-refractivity contribution in [3.05, 3.63) is 37.1 Å². The lowest BCUT2D eigenvalue weighted by atomic mass is 10.1. The second-order valence-corrected chi connectivity index (χ2v) is 4.21. The molecule has 0 saturated heterocycles. The minimum Gasteiger partial charge on any atom is -0.368 e. The average molecular weight is 251 g/mol. The fraction of sp³-hybridized carbons (Fsp3) is 0. The molecule has 0 saturated carbocycles. The Morgan fingerprint density at radius 2 is 2.21 bits per heavy atom. The van der Waals surface area contributed by atoms with E-state index < -0.39 is 0 Å². The Labute approximate surface area is 107 Å². The number of aromatic amines is 1. The standard InChI is InChI=1S/C12H9N7/c13-12-15-4-9-8(3-14-11(9)17-12)7-1-2-10-18-16-6-19(10)5-7/h1-6H,(H3,13,14,15,17). The predicted molar refractivity (Wildman–Crippen MR) is 70.3 cm³/mol. The summed E-state index contributed by atoms with van der Waals surface area (Å²) in [5.41, 5.74) is 9.16. The van der Waals surface area contributed by atoms with Crippen LogP contribution in [-0.4, -0.2) is 29.5 Å². The molecule has 7 heteroatoms. The predicted octanol–water partition coefficient (Wildman–Crippen LogP) is 1.25. The van der Waals surface area contributed by atoms with Crippen molar-refractivity contribution in [3.8, 4) is 11.1 Å². The molecule has 4 heterocycles. The monoisotopic (exact) mass is 251 g/mol. The van der Waals surface area contributed by atoms with Gasteiger partial charge in [0.25, 0.3) is 0 Å². The van der Waals surface area contributed by atoms with Crippen molar-refractivity contribution < 1.29 is 0 Å². The summed E-state index contributed by atoms with van der Waals surface area (Å²) in [5.74, 6) is 0.259. The number of aromatic nitrogens is 6. The van der Waals surface area contributed by atoms with Crippen molar-refractivity contribution in [1.29, 1.82) is 0 Å². The highest BCUT2D eigenvalue weighted by molar-refractivity contribution is 5.93. The van der Waals surface area contributed by atoms with E-state index in [-0.39, 0.29) is 5.95 Å². The number of hydrogen-bond acceptors (Lipinski definition) is 5. The molecule has 0 unspecified atom stereocenters. The Hall–Kier alpha value is -2.96. The van der Waals surface area contributed by atoms with Crippen LogP contribution in [0.3, 0.4) is 0 Å². The number of H-pyrrole nitrogens is 1. The summed E-state index contributed by atoms with van der Waals surface area (Å²) in [7, 11) is 0. The third-order valence-corrected chi connectivity index (χ3v) is 3.05. The van der Waals surface area contributed by atoms with Crippen LogP contribution in [0, 0.1) is 0 Å². The molecule has 0 spiro atoms. The molecular weight excluding hydrogens is 242 g/mol. The Kier molecular flexibility index (Phi) is 1.85. The van der Waals surface area contributed by atoms with E-state index in [9.17, 15) is 0 Å². The molecule has 0 aliphatic carbocycles. The average Bonchev–Trinajstić information content (AvgIpc) is 3.02. The summed E-state index contributed by atoms with van der Waals surface area (Å²) in [6.07, 6.45) is 7.25. The van der Waals surface area contributed by atoms with Crippen LogP contribution in [0.25, 0.3) is 27.8 Å². The van der Waals surface area contributed by atoms with Crippen molar-refractivity contribution in [2.45, 2.75) is 0 Å². The minimum absolute atomic E-state index is 0.259. The number of pyridine rings is 1.